The Kier molecular flexibility index (Phi) is 2.40. The predicted molar refractivity (Wildman–Crippen MR) is 59.3 cm³/mol. The number of carbonyl (C=O) groups is 1. The number of halogens is 1. The van der Waals surface area contributed by atoms with Crippen LogP contribution in [-0.4, -0.2) is 15.8 Å². The van der Waals surface area contributed by atoms with Crippen LogP contribution in [0.5, 0.6) is 0 Å². The molecule has 0 radical (unpaired) electrons. The molecule has 0 unspecified atom stereocenters. The lowest BCUT2D eigenvalue weighted by Crippen LogP contribution is -2.03. The van der Waals surface area contributed by atoms with E-state index in [-0.39, 0.29) is 11.6 Å². The highest BCUT2D eigenvalue weighted by Crippen LogP contribution is 2.23. The number of Topliss-reactive ketones (excluding diaryl/α,β-unsaturated/α-hetero) is 1. The zero-order chi connectivity index (χ0) is 11.0. The van der Waals surface area contributed by atoms with Gasteiger partial charge in [-0.15, -0.1) is 0 Å². The van der Waals surface area contributed by atoms with Gasteiger partial charge in [0, 0.05) is 18.0 Å². The Morgan fingerprint density at radius 3 is 2.73 bits per heavy atom. The van der Waals surface area contributed by atoms with E-state index >= 15 is 0 Å². The van der Waals surface area contributed by atoms with E-state index in [4.69, 9.17) is 11.6 Å². The summed E-state index contributed by atoms with van der Waals surface area (Å²) in [5, 5.41) is 1.42. The van der Waals surface area contributed by atoms with Gasteiger partial charge >= 0.3 is 0 Å². The summed E-state index contributed by atoms with van der Waals surface area (Å²) in [5.41, 5.74) is 1.41. The number of nitrogens with zero attached hydrogens (tertiary/aromatic N) is 2. The first-order valence-corrected chi connectivity index (χ1v) is 4.91. The van der Waals surface area contributed by atoms with Crippen LogP contribution in [0.4, 0.5) is 0 Å². The van der Waals surface area contributed by atoms with Crippen molar-refractivity contribution in [3.05, 3.63) is 34.7 Å². The van der Waals surface area contributed by atoms with Gasteiger partial charge in [-0.1, -0.05) is 23.7 Å². The number of rotatable bonds is 1. The molecule has 1 heterocycles. The Morgan fingerprint density at radius 1 is 1.33 bits per heavy atom. The van der Waals surface area contributed by atoms with Gasteiger partial charge in [-0.3, -0.25) is 4.79 Å². The van der Waals surface area contributed by atoms with Gasteiger partial charge in [0.25, 0.3) is 0 Å². The fraction of sp³-hybridized carbons (Fsp3) is 0.182. The summed E-state index contributed by atoms with van der Waals surface area (Å²) in [6.45, 7) is 3.28. The van der Waals surface area contributed by atoms with Crippen LogP contribution in [0.3, 0.4) is 0 Å². The molecule has 15 heavy (non-hydrogen) atoms. The standard InChI is InChI=1S/C11H9ClN2O/c1-6-8-4-3-5-9(12)10(8)14-11(13-6)7(2)15/h3-5H,1-2H3. The number of aryl methyl sites for hydroxylation is 1. The Balaban J connectivity index is 2.85. The molecule has 0 fully saturated rings. The first-order valence-electron chi connectivity index (χ1n) is 4.53. The molecule has 0 N–H and O–H groups in total. The van der Waals surface area contributed by atoms with E-state index in [1.54, 1.807) is 6.07 Å². The molecule has 1 aromatic carbocycles. The molecule has 0 saturated carbocycles. The second kappa shape index (κ2) is 3.59. The Labute approximate surface area is 92.1 Å². The molecule has 0 bridgehead atoms. The van der Waals surface area contributed by atoms with Crippen molar-refractivity contribution in [3.8, 4) is 0 Å². The van der Waals surface area contributed by atoms with Gasteiger partial charge in [-0.05, 0) is 13.0 Å². The van der Waals surface area contributed by atoms with E-state index in [1.165, 1.54) is 6.92 Å². The van der Waals surface area contributed by atoms with Crippen LogP contribution in [0.25, 0.3) is 10.9 Å². The largest absolute Gasteiger partial charge is 0.291 e. The summed E-state index contributed by atoms with van der Waals surface area (Å²) in [4.78, 5) is 19.4. The summed E-state index contributed by atoms with van der Waals surface area (Å²) >= 11 is 6.00. The third-order valence-corrected chi connectivity index (χ3v) is 2.49. The number of hydrogen-bond donors (Lipinski definition) is 0. The molecular weight excluding hydrogens is 212 g/mol. The second-order valence-corrected chi connectivity index (χ2v) is 3.73. The second-order valence-electron chi connectivity index (χ2n) is 3.32. The first kappa shape index (κ1) is 10.1. The molecule has 0 saturated heterocycles. The molecule has 1 aromatic heterocycles. The van der Waals surface area contributed by atoms with Gasteiger partial charge in [-0.25, -0.2) is 9.97 Å². The minimum Gasteiger partial charge on any atom is -0.291 e. The van der Waals surface area contributed by atoms with Crippen LogP contribution < -0.4 is 0 Å². The van der Waals surface area contributed by atoms with Gasteiger partial charge in [-0.2, -0.15) is 0 Å². The van der Waals surface area contributed by atoms with Crippen LogP contribution in [0, 0.1) is 6.92 Å². The number of carbonyl (C=O) groups excluding carboxylic acids is 1. The van der Waals surface area contributed by atoms with E-state index in [0.29, 0.717) is 10.5 Å². The normalized spacial score (nSPS) is 10.6. The highest BCUT2D eigenvalue weighted by atomic mass is 35.5. The van der Waals surface area contributed by atoms with E-state index < -0.39 is 0 Å². The van der Waals surface area contributed by atoms with Crippen molar-refractivity contribution in [1.29, 1.82) is 0 Å². The van der Waals surface area contributed by atoms with Crippen molar-refractivity contribution >= 4 is 28.3 Å². The van der Waals surface area contributed by atoms with Gasteiger partial charge in [0.2, 0.25) is 0 Å². The number of aromatic nitrogens is 2. The molecule has 0 atom stereocenters. The van der Waals surface area contributed by atoms with E-state index in [1.807, 2.05) is 19.1 Å². The molecule has 4 heteroatoms. The highest BCUT2D eigenvalue weighted by molar-refractivity contribution is 6.35. The Bertz CT molecular complexity index is 552. The molecular formula is C11H9ClN2O. The van der Waals surface area contributed by atoms with Crippen molar-refractivity contribution in [2.24, 2.45) is 0 Å². The number of fused-ring (bicyclic) bond motifs is 1. The summed E-state index contributed by atoms with van der Waals surface area (Å²) < 4.78 is 0. The summed E-state index contributed by atoms with van der Waals surface area (Å²) in [7, 11) is 0. The molecule has 0 aliphatic carbocycles. The van der Waals surface area contributed by atoms with Crippen molar-refractivity contribution < 1.29 is 4.79 Å². The number of ketones is 1. The van der Waals surface area contributed by atoms with E-state index in [0.717, 1.165) is 11.1 Å². The topological polar surface area (TPSA) is 42.9 Å². The van der Waals surface area contributed by atoms with Crippen LogP contribution in [0.1, 0.15) is 23.2 Å². The zero-order valence-corrected chi connectivity index (χ0v) is 9.17. The van der Waals surface area contributed by atoms with Gasteiger partial charge in [0.15, 0.2) is 11.6 Å². The van der Waals surface area contributed by atoms with E-state index in [2.05, 4.69) is 9.97 Å². The molecule has 2 aromatic rings. The molecule has 76 valence electrons. The quantitative estimate of drug-likeness (QED) is 0.694. The summed E-state index contributed by atoms with van der Waals surface area (Å²) in [6, 6.07) is 5.48. The van der Waals surface area contributed by atoms with Crippen molar-refractivity contribution in [2.45, 2.75) is 13.8 Å². The Hall–Kier alpha value is -1.48. The minimum absolute atomic E-state index is 0.153. The number of hydrogen-bond acceptors (Lipinski definition) is 3. The minimum atomic E-state index is -0.153. The van der Waals surface area contributed by atoms with Crippen LogP contribution in [0.15, 0.2) is 18.2 Å². The van der Waals surface area contributed by atoms with Crippen molar-refractivity contribution in [2.75, 3.05) is 0 Å². The maximum Gasteiger partial charge on any atom is 0.197 e. The van der Waals surface area contributed by atoms with Gasteiger partial charge < -0.3 is 0 Å². The third kappa shape index (κ3) is 1.70. The monoisotopic (exact) mass is 220 g/mol. The average molecular weight is 221 g/mol. The van der Waals surface area contributed by atoms with Gasteiger partial charge in [0.1, 0.15) is 0 Å². The van der Waals surface area contributed by atoms with Gasteiger partial charge in [0.05, 0.1) is 10.5 Å². The lowest BCUT2D eigenvalue weighted by Gasteiger charge is -2.04. The molecule has 0 aliphatic heterocycles. The molecule has 3 nitrogen and oxygen atoms in total. The number of benzene rings is 1. The Morgan fingerprint density at radius 2 is 2.07 bits per heavy atom. The maximum atomic E-state index is 11.2. The SMILES string of the molecule is CC(=O)c1nc(C)c2cccc(Cl)c2n1. The predicted octanol–water partition coefficient (Wildman–Crippen LogP) is 2.79. The van der Waals surface area contributed by atoms with Crippen LogP contribution in [-0.2, 0) is 0 Å². The van der Waals surface area contributed by atoms with Crippen molar-refractivity contribution in [1.82, 2.24) is 9.97 Å². The highest BCUT2D eigenvalue weighted by Gasteiger charge is 2.09. The molecule has 0 spiro atoms. The maximum absolute atomic E-state index is 11.2. The lowest BCUT2D eigenvalue weighted by molar-refractivity contribution is 0.100. The fourth-order valence-corrected chi connectivity index (χ4v) is 1.65. The number of para-hydroxylation sites is 1. The summed E-state index contributed by atoms with van der Waals surface area (Å²) in [6.07, 6.45) is 0. The molecule has 0 amide bonds. The molecule has 0 aliphatic rings. The smallest absolute Gasteiger partial charge is 0.197 e. The fourth-order valence-electron chi connectivity index (χ4n) is 1.43. The van der Waals surface area contributed by atoms with Crippen molar-refractivity contribution in [3.63, 3.8) is 0 Å². The lowest BCUT2D eigenvalue weighted by atomic mass is 10.2. The van der Waals surface area contributed by atoms with E-state index in [9.17, 15) is 4.79 Å². The summed E-state index contributed by atoms with van der Waals surface area (Å²) in [5.74, 6) is 0.0630. The zero-order valence-electron chi connectivity index (χ0n) is 8.41. The van der Waals surface area contributed by atoms with Crippen LogP contribution >= 0.6 is 11.6 Å². The van der Waals surface area contributed by atoms with Crippen LogP contribution in [0.2, 0.25) is 5.02 Å². The third-order valence-electron chi connectivity index (χ3n) is 2.18. The first-order chi connectivity index (χ1) is 7.09. The average Bonchev–Trinajstić information content (AvgIpc) is 2.19. The molecule has 2 rings (SSSR count).